The predicted molar refractivity (Wildman–Crippen MR) is 82.5 cm³/mol. The van der Waals surface area contributed by atoms with Gasteiger partial charge in [-0.15, -0.1) is 0 Å². The molecule has 0 aromatic heterocycles. The number of rotatable bonds is 4. The zero-order valence-corrected chi connectivity index (χ0v) is 13.1. The second kappa shape index (κ2) is 7.41. The van der Waals surface area contributed by atoms with E-state index in [-0.39, 0.29) is 0 Å². The Hall–Kier alpha value is -0.0300. The summed E-state index contributed by atoms with van der Waals surface area (Å²) in [7, 11) is 0. The fraction of sp³-hybridized carbons (Fsp3) is 0.917. The van der Waals surface area contributed by atoms with Gasteiger partial charge in [0.1, 0.15) is 0 Å². The zero-order valence-electron chi connectivity index (χ0n) is 11.5. The van der Waals surface area contributed by atoms with Crippen LogP contribution in [0.15, 0.2) is 4.99 Å². The molecule has 17 heavy (non-hydrogen) atoms. The standard InChI is InChI=1S/C12H25N3S2/c1-5-13-11(14-6-8-16-4)15-7-9-17-12(2,3)10-15/h5-10H2,1-4H3,(H,13,14). The van der Waals surface area contributed by atoms with Crippen LogP contribution in [0.25, 0.3) is 0 Å². The van der Waals surface area contributed by atoms with Crippen LogP contribution in [-0.4, -0.2) is 59.5 Å². The fourth-order valence-corrected chi connectivity index (χ4v) is 3.25. The van der Waals surface area contributed by atoms with E-state index in [9.17, 15) is 0 Å². The van der Waals surface area contributed by atoms with E-state index in [0.717, 1.165) is 37.9 Å². The Morgan fingerprint density at radius 1 is 1.53 bits per heavy atom. The van der Waals surface area contributed by atoms with Crippen molar-refractivity contribution < 1.29 is 0 Å². The summed E-state index contributed by atoms with van der Waals surface area (Å²) < 4.78 is 0.341. The van der Waals surface area contributed by atoms with Crippen LogP contribution in [0.5, 0.6) is 0 Å². The lowest BCUT2D eigenvalue weighted by molar-refractivity contribution is 0.376. The summed E-state index contributed by atoms with van der Waals surface area (Å²) in [6.45, 7) is 10.8. The summed E-state index contributed by atoms with van der Waals surface area (Å²) >= 11 is 3.91. The lowest BCUT2D eigenvalue weighted by Crippen LogP contribution is -2.51. The van der Waals surface area contributed by atoms with Crippen molar-refractivity contribution in [2.75, 3.05) is 43.9 Å². The molecule has 0 unspecified atom stereocenters. The minimum atomic E-state index is 0.341. The summed E-state index contributed by atoms with van der Waals surface area (Å²) in [4.78, 5) is 7.10. The number of hydrogen-bond acceptors (Lipinski definition) is 3. The van der Waals surface area contributed by atoms with Crippen LogP contribution in [0, 0.1) is 0 Å². The summed E-state index contributed by atoms with van der Waals surface area (Å²) in [6, 6.07) is 0. The van der Waals surface area contributed by atoms with Crippen LogP contribution >= 0.6 is 23.5 Å². The molecule has 1 N–H and O–H groups in total. The van der Waals surface area contributed by atoms with Crippen LogP contribution < -0.4 is 5.32 Å². The van der Waals surface area contributed by atoms with Gasteiger partial charge in [-0.25, -0.2) is 0 Å². The van der Waals surface area contributed by atoms with Gasteiger partial charge >= 0.3 is 0 Å². The molecule has 1 rings (SSSR count). The molecule has 0 aromatic carbocycles. The van der Waals surface area contributed by atoms with E-state index in [1.165, 1.54) is 5.75 Å². The molecule has 0 saturated carbocycles. The van der Waals surface area contributed by atoms with E-state index in [4.69, 9.17) is 4.99 Å². The number of hydrogen-bond donors (Lipinski definition) is 1. The van der Waals surface area contributed by atoms with Crippen LogP contribution in [0.3, 0.4) is 0 Å². The first-order chi connectivity index (χ1) is 8.09. The highest BCUT2D eigenvalue weighted by Crippen LogP contribution is 2.29. The normalized spacial score (nSPS) is 20.5. The minimum absolute atomic E-state index is 0.341. The van der Waals surface area contributed by atoms with Gasteiger partial charge in [-0.1, -0.05) is 0 Å². The Labute approximate surface area is 114 Å². The Morgan fingerprint density at radius 2 is 2.29 bits per heavy atom. The predicted octanol–water partition coefficient (Wildman–Crippen LogP) is 2.14. The van der Waals surface area contributed by atoms with Gasteiger partial charge in [0.2, 0.25) is 0 Å². The van der Waals surface area contributed by atoms with Crippen molar-refractivity contribution in [3.63, 3.8) is 0 Å². The quantitative estimate of drug-likeness (QED) is 0.483. The van der Waals surface area contributed by atoms with Crippen LogP contribution in [0.2, 0.25) is 0 Å². The van der Waals surface area contributed by atoms with E-state index in [1.807, 2.05) is 11.8 Å². The molecule has 1 fully saturated rings. The monoisotopic (exact) mass is 275 g/mol. The second-order valence-corrected chi connectivity index (χ2v) is 7.55. The van der Waals surface area contributed by atoms with Crippen molar-refractivity contribution >= 4 is 29.5 Å². The van der Waals surface area contributed by atoms with Crippen molar-refractivity contribution in [1.82, 2.24) is 10.2 Å². The van der Waals surface area contributed by atoms with E-state index in [0.29, 0.717) is 4.75 Å². The van der Waals surface area contributed by atoms with Gasteiger partial charge in [0, 0.05) is 35.9 Å². The number of aliphatic imine (C=N–C) groups is 1. The lowest BCUT2D eigenvalue weighted by atomic mass is 10.2. The molecule has 0 spiro atoms. The average Bonchev–Trinajstić information content (AvgIpc) is 2.27. The molecule has 5 heteroatoms. The molecule has 0 aliphatic carbocycles. The van der Waals surface area contributed by atoms with Crippen molar-refractivity contribution in [2.24, 2.45) is 4.99 Å². The molecule has 1 saturated heterocycles. The Morgan fingerprint density at radius 3 is 2.88 bits per heavy atom. The van der Waals surface area contributed by atoms with E-state index in [1.54, 1.807) is 0 Å². The number of nitrogens with zero attached hydrogens (tertiary/aromatic N) is 2. The second-order valence-electron chi connectivity index (χ2n) is 4.76. The molecule has 1 aliphatic heterocycles. The number of thioether (sulfide) groups is 2. The third-order valence-corrected chi connectivity index (χ3v) is 4.51. The highest BCUT2D eigenvalue weighted by molar-refractivity contribution is 8.00. The highest BCUT2D eigenvalue weighted by Gasteiger charge is 2.28. The maximum Gasteiger partial charge on any atom is 0.194 e. The molecule has 0 bridgehead atoms. The maximum absolute atomic E-state index is 4.69. The average molecular weight is 275 g/mol. The first-order valence-electron chi connectivity index (χ1n) is 6.25. The molecule has 0 radical (unpaired) electrons. The summed E-state index contributed by atoms with van der Waals surface area (Å²) in [5.41, 5.74) is 0. The Balaban J connectivity index is 2.59. The van der Waals surface area contributed by atoms with Crippen LogP contribution in [0.4, 0.5) is 0 Å². The van der Waals surface area contributed by atoms with Gasteiger partial charge in [0.15, 0.2) is 5.96 Å². The SMILES string of the molecule is CCNC(=NCCSC)N1CCSC(C)(C)C1. The van der Waals surface area contributed by atoms with E-state index < -0.39 is 0 Å². The Bertz CT molecular complexity index is 254. The molecular weight excluding hydrogens is 250 g/mol. The van der Waals surface area contributed by atoms with Crippen molar-refractivity contribution in [3.8, 4) is 0 Å². The molecule has 100 valence electrons. The van der Waals surface area contributed by atoms with Crippen molar-refractivity contribution in [3.05, 3.63) is 0 Å². The smallest absolute Gasteiger partial charge is 0.194 e. The van der Waals surface area contributed by atoms with Gasteiger partial charge in [-0.2, -0.15) is 23.5 Å². The lowest BCUT2D eigenvalue weighted by Gasteiger charge is -2.39. The first kappa shape index (κ1) is 15.0. The first-order valence-corrected chi connectivity index (χ1v) is 8.63. The van der Waals surface area contributed by atoms with Crippen LogP contribution in [-0.2, 0) is 0 Å². The van der Waals surface area contributed by atoms with Crippen LogP contribution in [0.1, 0.15) is 20.8 Å². The zero-order chi connectivity index (χ0) is 12.7. The highest BCUT2D eigenvalue weighted by atomic mass is 32.2. The Kier molecular flexibility index (Phi) is 6.55. The number of guanidine groups is 1. The molecular formula is C12H25N3S2. The maximum atomic E-state index is 4.69. The van der Waals surface area contributed by atoms with Crippen molar-refractivity contribution in [1.29, 1.82) is 0 Å². The number of nitrogens with one attached hydrogen (secondary N) is 1. The molecule has 3 nitrogen and oxygen atoms in total. The molecule has 1 heterocycles. The summed E-state index contributed by atoms with van der Waals surface area (Å²) in [5.74, 6) is 3.39. The minimum Gasteiger partial charge on any atom is -0.357 e. The van der Waals surface area contributed by atoms with Gasteiger partial charge in [-0.05, 0) is 27.0 Å². The molecule has 0 aromatic rings. The topological polar surface area (TPSA) is 27.6 Å². The molecule has 0 atom stereocenters. The van der Waals surface area contributed by atoms with E-state index in [2.05, 4.69) is 49.0 Å². The van der Waals surface area contributed by atoms with E-state index >= 15 is 0 Å². The van der Waals surface area contributed by atoms with Gasteiger partial charge in [0.05, 0.1) is 6.54 Å². The summed E-state index contributed by atoms with van der Waals surface area (Å²) in [6.07, 6.45) is 2.13. The van der Waals surface area contributed by atoms with Gasteiger partial charge < -0.3 is 10.2 Å². The third-order valence-electron chi connectivity index (χ3n) is 2.62. The molecule has 1 aliphatic rings. The molecule has 0 amide bonds. The third kappa shape index (κ3) is 5.42. The van der Waals surface area contributed by atoms with Crippen molar-refractivity contribution in [2.45, 2.75) is 25.5 Å². The summed E-state index contributed by atoms with van der Waals surface area (Å²) in [5, 5.41) is 3.41. The fourth-order valence-electron chi connectivity index (χ4n) is 1.87. The van der Waals surface area contributed by atoms with Gasteiger partial charge in [-0.3, -0.25) is 4.99 Å². The largest absolute Gasteiger partial charge is 0.357 e. The van der Waals surface area contributed by atoms with Gasteiger partial charge in [0.25, 0.3) is 0 Å².